The van der Waals surface area contributed by atoms with Crippen LogP contribution in [-0.2, 0) is 80.6 Å². The molecule has 7 saturated heterocycles. The summed E-state index contributed by atoms with van der Waals surface area (Å²) in [6.07, 6.45) is -54.9. The second-order valence-corrected chi connectivity index (χ2v) is 36.7. The third kappa shape index (κ3) is 16.4. The number of esters is 2. The number of carbonyl (C=O) groups excluding carboxylic acids is 3. The second-order valence-electron chi connectivity index (χ2n) is 36.7. The van der Waals surface area contributed by atoms with E-state index in [0.29, 0.717) is 32.1 Å². The highest BCUT2D eigenvalue weighted by Crippen LogP contribution is 2.76. The van der Waals surface area contributed by atoms with E-state index in [9.17, 15) is 107 Å². The lowest BCUT2D eigenvalue weighted by atomic mass is 9.33. The van der Waals surface area contributed by atoms with Crippen LogP contribution in [-0.4, -0.2) is 369 Å². The Morgan fingerprint density at radius 2 is 1.04 bits per heavy atom. The molecule has 4 saturated carbocycles. The van der Waals surface area contributed by atoms with Gasteiger partial charge in [-0.1, -0.05) is 72.2 Å². The monoisotopic (exact) mass is 1690 g/mol. The van der Waals surface area contributed by atoms with Crippen molar-refractivity contribution in [2.45, 2.75) is 342 Å². The fourth-order valence-electron chi connectivity index (χ4n) is 21.6. The molecule has 12 aliphatic rings. The predicted octanol–water partition coefficient (Wildman–Crippen LogP) is -5.70. The van der Waals surface area contributed by atoms with Gasteiger partial charge in [0.1, 0.15) is 152 Å². The summed E-state index contributed by atoms with van der Waals surface area (Å²) in [6.45, 7) is 15.3. The normalized spacial score (nSPS) is 50.7. The third-order valence-electron chi connectivity index (χ3n) is 28.9. The molecule has 1 amide bonds. The Kier molecular flexibility index (Phi) is 27.2. The summed E-state index contributed by atoms with van der Waals surface area (Å²) < 4.78 is 91.2. The number of nitrogens with two attached hydrogens (primary N) is 1. The molecular formula is C79H122N2O37. The largest absolute Gasteiger partial charge is 0.458 e. The summed E-state index contributed by atoms with van der Waals surface area (Å²) in [5, 5.41) is 215. The first kappa shape index (κ1) is 91.6. The Hall–Kier alpha value is -4.11. The van der Waals surface area contributed by atoms with Crippen LogP contribution in [0.2, 0.25) is 0 Å². The van der Waals surface area contributed by atoms with Gasteiger partial charge >= 0.3 is 11.9 Å². The number of rotatable bonds is 20. The van der Waals surface area contributed by atoms with E-state index in [1.807, 2.05) is 13.8 Å². The second kappa shape index (κ2) is 35.0. The highest BCUT2D eigenvalue weighted by atomic mass is 16.8. The Morgan fingerprint density at radius 1 is 0.508 bits per heavy atom. The molecule has 670 valence electrons. The van der Waals surface area contributed by atoms with Gasteiger partial charge in [0.05, 0.1) is 63.0 Å². The quantitative estimate of drug-likeness (QED) is 0.0250. The van der Waals surface area contributed by atoms with E-state index in [-0.39, 0.29) is 35.9 Å². The molecule has 43 atom stereocenters. The van der Waals surface area contributed by atoms with Gasteiger partial charge in [0.25, 0.3) is 0 Å². The minimum atomic E-state index is -2.23. The van der Waals surface area contributed by atoms with Crippen LogP contribution in [0.4, 0.5) is 5.69 Å². The summed E-state index contributed by atoms with van der Waals surface area (Å²) in [7, 11) is 0. The third-order valence-corrected chi connectivity index (χ3v) is 28.9. The standard InChI is InChI=1S/C79H122N2O37/c1-29-47(87)55(95)63(116-69-59(99)49(89)37(85)26-105-69)71(108-29)107-28-39-51(91)53(93)46(81-31(3)83)66(111-39)114-44-18-19-76(8)41(75(44,6)7)17-20-77(9)42(76)16-15-33-34-21-74(4,5)45(113-65(102)32-13-11-12-14-35(32)80)23-79(34,43(86)22-78(33,77)10)73(103)118-72-64(56(96)52(92)40(112-72)27-106-67-60(100)54(94)50(90)38(24-82)110-67)117-70-61(101)57(97)62(30(2)109-70)115-68-58(98)48(88)36(84)25-104-68/h11-15,29-30,34,36-64,66-72,82,84-101H,16-28,80H2,1-10H3,(H,81,83)/t29-,30+,34-,36-,37-,38-,39-,40-,41+,42-,43-,44+,45+,46-,47+,48+,49+,50-,51-,52-,53-,54+,55+,56+,57+,58-,59-,60-,61-,62+,63-,64-,66+,67-,68+,69+,70+,71-,72+,76+,77-,78-,79-/m1/s1. The summed E-state index contributed by atoms with van der Waals surface area (Å²) >= 11 is 0. The maximum absolute atomic E-state index is 16.6. The van der Waals surface area contributed by atoms with Gasteiger partial charge in [-0.2, -0.15) is 0 Å². The van der Waals surface area contributed by atoms with Crippen LogP contribution in [0.1, 0.15) is 131 Å². The lowest BCUT2D eigenvalue weighted by Gasteiger charge is -2.72. The van der Waals surface area contributed by atoms with Gasteiger partial charge in [-0.15, -0.1) is 0 Å². The number of hydrogen-bond acceptors (Lipinski definition) is 38. The fraction of sp³-hybridized carbons (Fsp3) is 0.861. The van der Waals surface area contributed by atoms with Gasteiger partial charge in [-0.25, -0.2) is 4.79 Å². The van der Waals surface area contributed by atoms with Crippen molar-refractivity contribution in [3.05, 3.63) is 41.5 Å². The maximum atomic E-state index is 16.6. The van der Waals surface area contributed by atoms with Gasteiger partial charge in [0.2, 0.25) is 12.2 Å². The number of carbonyl (C=O) groups is 3. The molecule has 7 heterocycles. The molecule has 0 aromatic heterocycles. The minimum absolute atomic E-state index is 0.0119. The van der Waals surface area contributed by atoms with Crippen LogP contribution in [0.3, 0.4) is 0 Å². The van der Waals surface area contributed by atoms with Crippen molar-refractivity contribution in [2.24, 2.45) is 50.2 Å². The molecule has 39 heteroatoms. The predicted molar refractivity (Wildman–Crippen MR) is 394 cm³/mol. The van der Waals surface area contributed by atoms with Crippen LogP contribution >= 0.6 is 0 Å². The van der Waals surface area contributed by atoms with Gasteiger partial charge in [-0.3, -0.25) is 9.59 Å². The van der Waals surface area contributed by atoms with E-state index >= 15 is 4.79 Å². The van der Waals surface area contributed by atoms with Crippen LogP contribution < -0.4 is 11.1 Å². The number of fused-ring (bicyclic) bond motifs is 7. The van der Waals surface area contributed by atoms with E-state index in [1.54, 1.807) is 12.1 Å². The summed E-state index contributed by atoms with van der Waals surface area (Å²) in [6, 6.07) is 4.87. The summed E-state index contributed by atoms with van der Waals surface area (Å²) in [5.41, 5.74) is 1.27. The number of nitrogen functional groups attached to an aromatic ring is 1. The lowest BCUT2D eigenvalue weighted by Crippen LogP contribution is -2.70. The zero-order valence-corrected chi connectivity index (χ0v) is 67.5. The highest BCUT2D eigenvalue weighted by molar-refractivity contribution is 5.95. The van der Waals surface area contributed by atoms with Crippen LogP contribution in [0, 0.1) is 50.2 Å². The number of allylic oxidation sites excluding steroid dienone is 2. The molecule has 118 heavy (non-hydrogen) atoms. The molecule has 39 nitrogen and oxygen atoms in total. The minimum Gasteiger partial charge on any atom is -0.458 e. The van der Waals surface area contributed by atoms with Gasteiger partial charge < -0.3 is 179 Å². The number of nitrogens with one attached hydrogen (secondary N) is 1. The number of benzene rings is 1. The van der Waals surface area contributed by atoms with E-state index in [0.717, 1.165) is 5.57 Å². The van der Waals surface area contributed by atoms with Crippen molar-refractivity contribution < 1.29 is 182 Å². The van der Waals surface area contributed by atoms with Crippen molar-refractivity contribution in [2.75, 3.05) is 38.8 Å². The van der Waals surface area contributed by atoms with Crippen molar-refractivity contribution in [1.29, 1.82) is 0 Å². The summed E-state index contributed by atoms with van der Waals surface area (Å²) in [4.78, 5) is 44.1. The van der Waals surface area contributed by atoms with Crippen LogP contribution in [0.25, 0.3) is 0 Å². The maximum Gasteiger partial charge on any atom is 0.340 e. The molecule has 0 unspecified atom stereocenters. The fourth-order valence-corrected chi connectivity index (χ4v) is 21.6. The number of aliphatic hydroxyl groups excluding tert-OH is 19. The topological polar surface area (TPSA) is 612 Å². The Labute approximate surface area is 680 Å². The smallest absolute Gasteiger partial charge is 0.340 e. The van der Waals surface area contributed by atoms with Crippen molar-refractivity contribution in [3.63, 3.8) is 0 Å². The van der Waals surface area contributed by atoms with Gasteiger partial charge in [-0.05, 0) is 110 Å². The Morgan fingerprint density at radius 3 is 1.67 bits per heavy atom. The summed E-state index contributed by atoms with van der Waals surface area (Å²) in [5.74, 6) is -3.83. The van der Waals surface area contributed by atoms with E-state index in [1.165, 1.54) is 32.9 Å². The number of hydrogen-bond donors (Lipinski definition) is 21. The highest BCUT2D eigenvalue weighted by Gasteiger charge is 2.74. The molecular weight excluding hydrogens is 1570 g/mol. The van der Waals surface area contributed by atoms with Crippen molar-refractivity contribution in [1.82, 2.24) is 5.32 Å². The number of aliphatic hydroxyl groups is 19. The Bertz CT molecular complexity index is 3680. The molecule has 22 N–H and O–H groups in total. The molecule has 11 fully saturated rings. The SMILES string of the molecule is CC(=O)N[C@H]1[C@H](O[C@H]2CC[C@]3(C)[C@H]4CC=C5[C@H]6CC(C)(C)[C@@H](OC(=O)c7ccccc7N)C[C@]6(C(=O)O[C@@H]6O[C@H](CO[C@@H]7O[C@H](CO)[C@@H](O)[C@H](O)[C@H]7O)[C@@H](O)[C@H](O)[C@H]6O[C@@H]6O[C@@H](C)[C@H](O[C@@H]7OC[C@@H](O)[C@H](O)[C@H]7O)[C@@H](O)[C@H]6O)[C@H](O)C[C@@]5(C)[C@]4(C)CC[C@H]3C2(C)C)O[C@H](CO[C@@H]2O[C@H](C)[C@H](O)[C@H](O)[C@H]2O[C@@H]2OC[C@@H](O)[C@H](O)[C@H]2O)[C@@H](O)[C@@H]1O. The first-order chi connectivity index (χ1) is 55.4. The van der Waals surface area contributed by atoms with Crippen LogP contribution in [0.15, 0.2) is 35.9 Å². The number of para-hydroxylation sites is 1. The average molecular weight is 1690 g/mol. The molecule has 7 aliphatic heterocycles. The van der Waals surface area contributed by atoms with Gasteiger partial charge in [0, 0.05) is 24.4 Å². The molecule has 1 aromatic rings. The van der Waals surface area contributed by atoms with Crippen LogP contribution in [0.5, 0.6) is 0 Å². The molecule has 5 aliphatic carbocycles. The number of ether oxygens (including phenoxy) is 15. The first-order valence-corrected chi connectivity index (χ1v) is 40.8. The van der Waals surface area contributed by atoms with E-state index in [4.69, 9.17) is 76.8 Å². The average Bonchev–Trinajstić information content (AvgIpc) is 0.667. The molecule has 0 radical (unpaired) electrons. The number of anilines is 1. The molecule has 0 bridgehead atoms. The lowest BCUT2D eigenvalue weighted by molar-refractivity contribution is -0.378. The van der Waals surface area contributed by atoms with E-state index in [2.05, 4.69) is 46.0 Å². The first-order valence-electron chi connectivity index (χ1n) is 40.8. The molecule has 0 spiro atoms. The Balaban J connectivity index is 0.790. The number of amides is 1. The van der Waals surface area contributed by atoms with Gasteiger partial charge in [0.15, 0.2) is 43.8 Å². The molecule has 13 rings (SSSR count). The van der Waals surface area contributed by atoms with Crippen molar-refractivity contribution >= 4 is 23.5 Å². The molecule has 1 aromatic carbocycles. The zero-order chi connectivity index (χ0) is 86.0. The zero-order valence-electron chi connectivity index (χ0n) is 67.5. The van der Waals surface area contributed by atoms with E-state index < -0.39 is 317 Å². The van der Waals surface area contributed by atoms with Crippen molar-refractivity contribution in [3.8, 4) is 0 Å².